The lowest BCUT2D eigenvalue weighted by molar-refractivity contribution is 0.0694. The Kier molecular flexibility index (Phi) is 5.14. The molecule has 0 aliphatic carbocycles. The number of carboxylic acid groups (broad SMARTS) is 1. The third kappa shape index (κ3) is 3.88. The monoisotopic (exact) mass is 358 g/mol. The second-order valence-corrected chi connectivity index (χ2v) is 6.61. The smallest absolute Gasteiger partial charge is 0.335 e. The maximum atomic E-state index is 12.6. The quantitative estimate of drug-likeness (QED) is 0.914. The van der Waals surface area contributed by atoms with E-state index in [1.165, 1.54) is 35.6 Å². The molecule has 1 fully saturated rings. The van der Waals surface area contributed by atoms with Gasteiger partial charge in [0.05, 0.1) is 11.1 Å². The van der Waals surface area contributed by atoms with Crippen molar-refractivity contribution in [2.24, 2.45) is 0 Å². The minimum atomic E-state index is -1.02. The summed E-state index contributed by atoms with van der Waals surface area (Å²) in [6.45, 7) is 2.16. The van der Waals surface area contributed by atoms with Crippen LogP contribution in [0.1, 0.15) is 37.5 Å². The van der Waals surface area contributed by atoms with Crippen LogP contribution in [-0.2, 0) is 0 Å². The fraction of sp³-hybridized carbons (Fsp3) is 0.278. The average Bonchev–Trinajstić information content (AvgIpc) is 3.05. The Balaban J connectivity index is 1.65. The van der Waals surface area contributed by atoms with Gasteiger partial charge in [0.15, 0.2) is 0 Å². The summed E-state index contributed by atoms with van der Waals surface area (Å²) in [5.41, 5.74) is 1.30. The number of nitrogens with zero attached hydrogens (tertiary/aromatic N) is 2. The van der Waals surface area contributed by atoms with Gasteiger partial charge in [-0.2, -0.15) is 11.3 Å². The zero-order chi connectivity index (χ0) is 17.8. The third-order valence-corrected chi connectivity index (χ3v) is 4.90. The van der Waals surface area contributed by atoms with Gasteiger partial charge in [-0.3, -0.25) is 9.59 Å². The van der Waals surface area contributed by atoms with Crippen LogP contribution in [0.4, 0.5) is 0 Å². The number of thiophene rings is 1. The van der Waals surface area contributed by atoms with Crippen molar-refractivity contribution >= 4 is 29.1 Å². The number of aromatic carboxylic acids is 1. The predicted octanol–water partition coefficient (Wildman–Crippen LogP) is 2.43. The molecule has 130 valence electrons. The molecule has 0 radical (unpaired) electrons. The van der Waals surface area contributed by atoms with Gasteiger partial charge in [-0.05, 0) is 42.1 Å². The highest BCUT2D eigenvalue weighted by Crippen LogP contribution is 2.14. The number of amides is 2. The van der Waals surface area contributed by atoms with Crippen LogP contribution in [0.15, 0.2) is 41.1 Å². The van der Waals surface area contributed by atoms with E-state index in [4.69, 9.17) is 5.11 Å². The molecule has 7 heteroatoms. The van der Waals surface area contributed by atoms with Gasteiger partial charge in [0.1, 0.15) is 0 Å². The third-order valence-electron chi connectivity index (χ3n) is 4.22. The summed E-state index contributed by atoms with van der Waals surface area (Å²) in [5.74, 6) is -1.15. The van der Waals surface area contributed by atoms with Crippen molar-refractivity contribution in [3.8, 4) is 0 Å². The van der Waals surface area contributed by atoms with E-state index in [9.17, 15) is 14.4 Å². The number of hydrogen-bond acceptors (Lipinski definition) is 4. The van der Waals surface area contributed by atoms with E-state index in [1.807, 2.05) is 16.8 Å². The molecular weight excluding hydrogens is 340 g/mol. The first-order valence-corrected chi connectivity index (χ1v) is 8.94. The number of carboxylic acids is 1. The number of rotatable bonds is 3. The first-order valence-electron chi connectivity index (χ1n) is 8.00. The zero-order valence-corrected chi connectivity index (χ0v) is 14.4. The van der Waals surface area contributed by atoms with Gasteiger partial charge in [0.2, 0.25) is 0 Å². The van der Waals surface area contributed by atoms with Crippen molar-refractivity contribution in [2.75, 3.05) is 26.2 Å². The SMILES string of the molecule is O=C(O)c1ccc(C(=O)N2CCCN(C(=O)c3ccsc3)CC2)cc1. The lowest BCUT2D eigenvalue weighted by atomic mass is 10.1. The Morgan fingerprint density at radius 2 is 1.36 bits per heavy atom. The summed E-state index contributed by atoms with van der Waals surface area (Å²) >= 11 is 1.49. The zero-order valence-electron chi connectivity index (χ0n) is 13.6. The van der Waals surface area contributed by atoms with Crippen molar-refractivity contribution in [3.05, 3.63) is 57.8 Å². The Hall–Kier alpha value is -2.67. The predicted molar refractivity (Wildman–Crippen MR) is 94.1 cm³/mol. The minimum absolute atomic E-state index is 0.00126. The van der Waals surface area contributed by atoms with Crippen LogP contribution < -0.4 is 0 Å². The second-order valence-electron chi connectivity index (χ2n) is 5.83. The molecule has 0 unspecified atom stereocenters. The maximum Gasteiger partial charge on any atom is 0.335 e. The molecule has 2 aromatic rings. The number of carbonyl (C=O) groups excluding carboxylic acids is 2. The van der Waals surface area contributed by atoms with Gasteiger partial charge >= 0.3 is 5.97 Å². The van der Waals surface area contributed by atoms with Crippen molar-refractivity contribution in [1.29, 1.82) is 0 Å². The van der Waals surface area contributed by atoms with Gasteiger partial charge in [-0.1, -0.05) is 0 Å². The Bertz CT molecular complexity index is 771. The van der Waals surface area contributed by atoms with E-state index < -0.39 is 5.97 Å². The topological polar surface area (TPSA) is 77.9 Å². The van der Waals surface area contributed by atoms with Crippen LogP contribution >= 0.6 is 11.3 Å². The molecule has 2 amide bonds. The fourth-order valence-corrected chi connectivity index (χ4v) is 3.46. The van der Waals surface area contributed by atoms with Crippen molar-refractivity contribution in [2.45, 2.75) is 6.42 Å². The van der Waals surface area contributed by atoms with Gasteiger partial charge in [-0.25, -0.2) is 4.79 Å². The lowest BCUT2D eigenvalue weighted by Crippen LogP contribution is -2.37. The van der Waals surface area contributed by atoms with Gasteiger partial charge < -0.3 is 14.9 Å². The van der Waals surface area contributed by atoms with Crippen molar-refractivity contribution in [3.63, 3.8) is 0 Å². The summed E-state index contributed by atoms with van der Waals surface area (Å²) in [5, 5.41) is 12.6. The van der Waals surface area contributed by atoms with E-state index in [0.717, 1.165) is 6.42 Å². The molecule has 0 spiro atoms. The molecule has 1 N–H and O–H groups in total. The summed E-state index contributed by atoms with van der Waals surface area (Å²) in [4.78, 5) is 39.4. The fourth-order valence-electron chi connectivity index (χ4n) is 2.83. The van der Waals surface area contributed by atoms with Gasteiger partial charge in [0, 0.05) is 37.1 Å². The molecule has 1 aliphatic heterocycles. The Labute approximate surface area is 149 Å². The van der Waals surface area contributed by atoms with E-state index in [0.29, 0.717) is 37.3 Å². The molecule has 6 nitrogen and oxygen atoms in total. The lowest BCUT2D eigenvalue weighted by Gasteiger charge is -2.22. The van der Waals surface area contributed by atoms with Gasteiger partial charge in [-0.15, -0.1) is 0 Å². The minimum Gasteiger partial charge on any atom is -0.478 e. The molecule has 1 aliphatic rings. The van der Waals surface area contributed by atoms with Crippen LogP contribution in [0.25, 0.3) is 0 Å². The standard InChI is InChI=1S/C18H18N2O4S/c21-16(13-2-4-14(5-3-13)18(23)24)19-7-1-8-20(10-9-19)17(22)15-6-11-25-12-15/h2-6,11-12H,1,7-10H2,(H,23,24). The van der Waals surface area contributed by atoms with E-state index >= 15 is 0 Å². The van der Waals surface area contributed by atoms with Crippen LogP contribution in [0.5, 0.6) is 0 Å². The molecule has 1 saturated heterocycles. The van der Waals surface area contributed by atoms with Gasteiger partial charge in [0.25, 0.3) is 11.8 Å². The van der Waals surface area contributed by atoms with E-state index in [2.05, 4.69) is 0 Å². The molecule has 1 aromatic heterocycles. The summed E-state index contributed by atoms with van der Waals surface area (Å²) in [6.07, 6.45) is 0.717. The van der Waals surface area contributed by atoms with E-state index in [1.54, 1.807) is 9.80 Å². The van der Waals surface area contributed by atoms with Crippen molar-refractivity contribution < 1.29 is 19.5 Å². The molecular formula is C18H18N2O4S. The average molecular weight is 358 g/mol. The highest BCUT2D eigenvalue weighted by Gasteiger charge is 2.23. The molecule has 0 saturated carbocycles. The molecule has 0 atom stereocenters. The first kappa shape index (κ1) is 17.2. The molecule has 2 heterocycles. The normalized spacial score (nSPS) is 14.9. The molecule has 3 rings (SSSR count). The summed E-state index contributed by atoms with van der Waals surface area (Å²) in [7, 11) is 0. The van der Waals surface area contributed by atoms with E-state index in [-0.39, 0.29) is 17.4 Å². The summed E-state index contributed by atoms with van der Waals surface area (Å²) < 4.78 is 0. The highest BCUT2D eigenvalue weighted by molar-refractivity contribution is 7.08. The highest BCUT2D eigenvalue weighted by atomic mass is 32.1. The Morgan fingerprint density at radius 3 is 1.88 bits per heavy atom. The van der Waals surface area contributed by atoms with Crippen LogP contribution in [0, 0.1) is 0 Å². The molecule has 1 aromatic carbocycles. The number of hydrogen-bond donors (Lipinski definition) is 1. The number of benzene rings is 1. The maximum absolute atomic E-state index is 12.6. The van der Waals surface area contributed by atoms with Crippen LogP contribution in [0.2, 0.25) is 0 Å². The molecule has 0 bridgehead atoms. The second kappa shape index (κ2) is 7.48. The summed E-state index contributed by atoms with van der Waals surface area (Å²) in [6, 6.07) is 7.74. The largest absolute Gasteiger partial charge is 0.478 e. The van der Waals surface area contributed by atoms with Crippen molar-refractivity contribution in [1.82, 2.24) is 9.80 Å². The molecule has 25 heavy (non-hydrogen) atoms. The Morgan fingerprint density at radius 1 is 0.800 bits per heavy atom. The number of carbonyl (C=O) groups is 3. The van der Waals surface area contributed by atoms with Crippen LogP contribution in [0.3, 0.4) is 0 Å². The first-order chi connectivity index (χ1) is 12.1. The van der Waals surface area contributed by atoms with Crippen LogP contribution in [-0.4, -0.2) is 58.9 Å².